The second-order valence-corrected chi connectivity index (χ2v) is 5.20. The molecule has 0 saturated carbocycles. The largest absolute Gasteiger partial charge is 0.481 e. The van der Waals surface area contributed by atoms with Gasteiger partial charge in [-0.1, -0.05) is 13.3 Å². The van der Waals surface area contributed by atoms with Crippen LogP contribution in [0.3, 0.4) is 0 Å². The lowest BCUT2D eigenvalue weighted by Crippen LogP contribution is -2.40. The summed E-state index contributed by atoms with van der Waals surface area (Å²) in [5, 5.41) is 11.3. The molecule has 2 atom stereocenters. The van der Waals surface area contributed by atoms with Crippen LogP contribution in [0, 0.1) is 11.8 Å². The standard InChI is InChI=1S/C13H21F3N2O4/c1-2-3-5-22-6-4-17-12(21)18-7-9(11(19)20)10(8-18)13(14,15)16/h9-10H,2-8H2,1H3,(H,17,21)(H,19,20)/t9-,10-/m1/s1. The Morgan fingerprint density at radius 1 is 1.32 bits per heavy atom. The number of alkyl halides is 3. The maximum Gasteiger partial charge on any atom is 0.394 e. The molecule has 1 fully saturated rings. The maximum atomic E-state index is 12.8. The van der Waals surface area contributed by atoms with Crippen molar-refractivity contribution in [3.05, 3.63) is 0 Å². The SMILES string of the molecule is CCCCOCCNC(=O)N1C[C@@H](C(F)(F)F)[C@H](C(=O)O)C1. The van der Waals surface area contributed by atoms with Gasteiger partial charge in [-0.3, -0.25) is 4.79 Å². The number of hydrogen-bond donors (Lipinski definition) is 2. The molecule has 0 radical (unpaired) electrons. The number of likely N-dealkylation sites (tertiary alicyclic amines) is 1. The molecule has 1 aliphatic heterocycles. The van der Waals surface area contributed by atoms with Gasteiger partial charge >= 0.3 is 18.2 Å². The Balaban J connectivity index is 2.42. The third-order valence-electron chi connectivity index (χ3n) is 3.51. The molecule has 6 nitrogen and oxygen atoms in total. The van der Waals surface area contributed by atoms with Crippen molar-refractivity contribution in [2.45, 2.75) is 25.9 Å². The zero-order valence-electron chi connectivity index (χ0n) is 12.4. The first-order valence-corrected chi connectivity index (χ1v) is 7.17. The van der Waals surface area contributed by atoms with Gasteiger partial charge in [0.2, 0.25) is 0 Å². The Bertz CT molecular complexity index is 390. The van der Waals surface area contributed by atoms with Crippen molar-refractivity contribution in [1.82, 2.24) is 10.2 Å². The average molecular weight is 326 g/mol. The molecular weight excluding hydrogens is 305 g/mol. The summed E-state index contributed by atoms with van der Waals surface area (Å²) in [5.74, 6) is -5.19. The summed E-state index contributed by atoms with van der Waals surface area (Å²) in [4.78, 5) is 23.6. The van der Waals surface area contributed by atoms with Crippen LogP contribution < -0.4 is 5.32 Å². The normalized spacial score (nSPS) is 21.9. The van der Waals surface area contributed by atoms with Gasteiger partial charge in [0, 0.05) is 26.2 Å². The monoisotopic (exact) mass is 326 g/mol. The molecule has 1 saturated heterocycles. The minimum absolute atomic E-state index is 0.174. The van der Waals surface area contributed by atoms with Crippen molar-refractivity contribution in [2.75, 3.05) is 32.8 Å². The Hall–Kier alpha value is -1.51. The number of aliphatic carboxylic acids is 1. The van der Waals surface area contributed by atoms with Crippen LogP contribution >= 0.6 is 0 Å². The highest BCUT2D eigenvalue weighted by atomic mass is 19.4. The highest BCUT2D eigenvalue weighted by molar-refractivity contribution is 5.77. The minimum atomic E-state index is -4.64. The van der Waals surface area contributed by atoms with Gasteiger partial charge in [-0.15, -0.1) is 0 Å². The van der Waals surface area contributed by atoms with E-state index in [-0.39, 0.29) is 13.2 Å². The predicted molar refractivity (Wildman–Crippen MR) is 71.4 cm³/mol. The van der Waals surface area contributed by atoms with Gasteiger partial charge in [-0.05, 0) is 6.42 Å². The van der Waals surface area contributed by atoms with E-state index in [1.54, 1.807) is 0 Å². The van der Waals surface area contributed by atoms with Crippen LogP contribution in [0.25, 0.3) is 0 Å². The van der Waals surface area contributed by atoms with Crippen molar-refractivity contribution >= 4 is 12.0 Å². The van der Waals surface area contributed by atoms with E-state index in [0.29, 0.717) is 6.61 Å². The molecule has 0 aromatic heterocycles. The molecule has 0 aromatic carbocycles. The zero-order chi connectivity index (χ0) is 16.8. The van der Waals surface area contributed by atoms with Crippen LogP contribution in [0.15, 0.2) is 0 Å². The number of carbonyl (C=O) groups is 2. The lowest BCUT2D eigenvalue weighted by molar-refractivity contribution is -0.187. The summed E-state index contributed by atoms with van der Waals surface area (Å²) in [6, 6.07) is -0.697. The van der Waals surface area contributed by atoms with Gasteiger partial charge in [0.05, 0.1) is 18.4 Å². The van der Waals surface area contributed by atoms with Gasteiger partial charge in [-0.2, -0.15) is 13.2 Å². The van der Waals surface area contributed by atoms with Crippen LogP contribution in [0.1, 0.15) is 19.8 Å². The number of rotatable bonds is 7. The van der Waals surface area contributed by atoms with E-state index >= 15 is 0 Å². The van der Waals surface area contributed by atoms with Gasteiger partial charge < -0.3 is 20.1 Å². The van der Waals surface area contributed by atoms with Crippen LogP contribution in [0.5, 0.6) is 0 Å². The lowest BCUT2D eigenvalue weighted by atomic mass is 9.96. The van der Waals surface area contributed by atoms with Crippen molar-refractivity contribution in [3.63, 3.8) is 0 Å². The smallest absolute Gasteiger partial charge is 0.394 e. The molecule has 2 amide bonds. The lowest BCUT2D eigenvalue weighted by Gasteiger charge is -2.18. The number of carboxylic acid groups (broad SMARTS) is 1. The number of amides is 2. The third-order valence-corrected chi connectivity index (χ3v) is 3.51. The summed E-state index contributed by atoms with van der Waals surface area (Å²) >= 11 is 0. The van der Waals surface area contributed by atoms with E-state index in [1.807, 2.05) is 6.92 Å². The fourth-order valence-corrected chi connectivity index (χ4v) is 2.24. The molecule has 2 N–H and O–H groups in total. The molecule has 0 unspecified atom stereocenters. The van der Waals surface area contributed by atoms with Crippen molar-refractivity contribution in [2.24, 2.45) is 11.8 Å². The van der Waals surface area contributed by atoms with Gasteiger partial charge in [0.1, 0.15) is 0 Å². The number of urea groups is 1. The van der Waals surface area contributed by atoms with Crippen molar-refractivity contribution in [3.8, 4) is 0 Å². The Morgan fingerprint density at radius 2 is 2.00 bits per heavy atom. The van der Waals surface area contributed by atoms with Crippen LogP contribution in [0.2, 0.25) is 0 Å². The number of halogens is 3. The summed E-state index contributed by atoms with van der Waals surface area (Å²) in [6.07, 6.45) is -2.76. The molecule has 1 heterocycles. The van der Waals surface area contributed by atoms with E-state index < -0.39 is 43.1 Å². The highest BCUT2D eigenvalue weighted by Crippen LogP contribution is 2.37. The van der Waals surface area contributed by atoms with Gasteiger partial charge in [0.15, 0.2) is 0 Å². The summed E-state index contributed by atoms with van der Waals surface area (Å²) in [7, 11) is 0. The van der Waals surface area contributed by atoms with Crippen molar-refractivity contribution < 1.29 is 32.6 Å². The Morgan fingerprint density at radius 3 is 2.50 bits per heavy atom. The minimum Gasteiger partial charge on any atom is -0.481 e. The molecule has 0 spiro atoms. The first-order chi connectivity index (χ1) is 10.3. The van der Waals surface area contributed by atoms with Crippen LogP contribution in [-0.4, -0.2) is 61.0 Å². The number of nitrogens with one attached hydrogen (secondary N) is 1. The van der Waals surface area contributed by atoms with E-state index in [2.05, 4.69) is 5.32 Å². The van der Waals surface area contributed by atoms with Crippen LogP contribution in [-0.2, 0) is 9.53 Å². The molecule has 0 bridgehead atoms. The van der Waals surface area contributed by atoms with Crippen LogP contribution in [0.4, 0.5) is 18.0 Å². The molecule has 22 heavy (non-hydrogen) atoms. The molecule has 1 aliphatic rings. The predicted octanol–water partition coefficient (Wildman–Crippen LogP) is 1.71. The number of hydrogen-bond acceptors (Lipinski definition) is 3. The van der Waals surface area contributed by atoms with Crippen molar-refractivity contribution in [1.29, 1.82) is 0 Å². The molecule has 0 aromatic rings. The number of carboxylic acids is 1. The summed E-state index contributed by atoms with van der Waals surface area (Å²) < 4.78 is 43.6. The van der Waals surface area contributed by atoms with Gasteiger partial charge in [0.25, 0.3) is 0 Å². The number of ether oxygens (including phenoxy) is 1. The molecule has 1 rings (SSSR count). The quantitative estimate of drug-likeness (QED) is 0.698. The third kappa shape index (κ3) is 5.36. The Labute approximate surface area is 126 Å². The maximum absolute atomic E-state index is 12.8. The van der Waals surface area contributed by atoms with E-state index in [0.717, 1.165) is 17.7 Å². The molecule has 9 heteroatoms. The number of carbonyl (C=O) groups excluding carboxylic acids is 1. The second kappa shape index (κ2) is 8.21. The van der Waals surface area contributed by atoms with E-state index in [4.69, 9.17) is 9.84 Å². The number of unbranched alkanes of at least 4 members (excludes halogenated alkanes) is 1. The number of nitrogens with zero attached hydrogens (tertiary/aromatic N) is 1. The molecular formula is C13H21F3N2O4. The first-order valence-electron chi connectivity index (χ1n) is 7.17. The van der Waals surface area contributed by atoms with E-state index in [9.17, 15) is 22.8 Å². The average Bonchev–Trinajstić information content (AvgIpc) is 2.88. The zero-order valence-corrected chi connectivity index (χ0v) is 12.4. The Kier molecular flexibility index (Phi) is 6.92. The fraction of sp³-hybridized carbons (Fsp3) is 0.846. The second-order valence-electron chi connectivity index (χ2n) is 5.20. The first kappa shape index (κ1) is 18.5. The molecule has 0 aliphatic carbocycles. The molecule has 128 valence electrons. The highest BCUT2D eigenvalue weighted by Gasteiger charge is 2.53. The van der Waals surface area contributed by atoms with Gasteiger partial charge in [-0.25, -0.2) is 4.79 Å². The summed E-state index contributed by atoms with van der Waals surface area (Å²) in [5.41, 5.74) is 0. The summed E-state index contributed by atoms with van der Waals surface area (Å²) in [6.45, 7) is 1.94. The fourth-order valence-electron chi connectivity index (χ4n) is 2.24. The topological polar surface area (TPSA) is 78.9 Å². The van der Waals surface area contributed by atoms with E-state index in [1.165, 1.54) is 0 Å².